The van der Waals surface area contributed by atoms with E-state index in [1.807, 2.05) is 49.9 Å². The summed E-state index contributed by atoms with van der Waals surface area (Å²) in [6.07, 6.45) is 0. The van der Waals surface area contributed by atoms with Gasteiger partial charge in [-0.1, -0.05) is 12.1 Å². The van der Waals surface area contributed by atoms with Gasteiger partial charge in [0.25, 0.3) is 0 Å². The topological polar surface area (TPSA) is 49.3 Å². The van der Waals surface area contributed by atoms with Crippen LogP contribution in [-0.2, 0) is 4.79 Å². The minimum Gasteiger partial charge on any atom is -0.352 e. The first-order valence-corrected chi connectivity index (χ1v) is 8.79. The molecule has 2 heterocycles. The number of alkyl halides is 1. The van der Waals surface area contributed by atoms with E-state index in [0.29, 0.717) is 19.0 Å². The van der Waals surface area contributed by atoms with Gasteiger partial charge >= 0.3 is 0 Å². The van der Waals surface area contributed by atoms with Crippen molar-refractivity contribution in [2.45, 2.75) is 20.8 Å². The Morgan fingerprint density at radius 3 is 2.29 bits per heavy atom. The summed E-state index contributed by atoms with van der Waals surface area (Å²) in [5.74, 6) is 1.37. The average molecular weight is 347 g/mol. The SMILES string of the molecule is Cc1nc2ccccc2nc1N1CCN(C(=O)C(C)(C)CCl)CC1. The third kappa shape index (κ3) is 3.18. The van der Waals surface area contributed by atoms with Crippen molar-refractivity contribution in [1.29, 1.82) is 0 Å². The Morgan fingerprint density at radius 1 is 1.12 bits per heavy atom. The van der Waals surface area contributed by atoms with E-state index in [2.05, 4.69) is 9.88 Å². The summed E-state index contributed by atoms with van der Waals surface area (Å²) < 4.78 is 0. The van der Waals surface area contributed by atoms with Crippen molar-refractivity contribution >= 4 is 34.4 Å². The lowest BCUT2D eigenvalue weighted by Gasteiger charge is -2.38. The minimum atomic E-state index is -0.512. The third-order valence-corrected chi connectivity index (χ3v) is 5.17. The molecule has 0 radical (unpaired) electrons. The molecule has 1 aliphatic heterocycles. The second-order valence-corrected chi connectivity index (χ2v) is 7.19. The molecular formula is C18H23ClN4O. The maximum atomic E-state index is 12.5. The fourth-order valence-electron chi connectivity index (χ4n) is 2.98. The van der Waals surface area contributed by atoms with Crippen molar-refractivity contribution < 1.29 is 4.79 Å². The Morgan fingerprint density at radius 2 is 1.71 bits per heavy atom. The predicted octanol–water partition coefficient (Wildman–Crippen LogP) is 2.85. The highest BCUT2D eigenvalue weighted by Gasteiger charge is 2.33. The van der Waals surface area contributed by atoms with E-state index < -0.39 is 5.41 Å². The van der Waals surface area contributed by atoms with Crippen LogP contribution in [0.25, 0.3) is 11.0 Å². The molecule has 1 aromatic heterocycles. The van der Waals surface area contributed by atoms with Crippen LogP contribution in [0.5, 0.6) is 0 Å². The van der Waals surface area contributed by atoms with Crippen LogP contribution in [-0.4, -0.2) is 52.8 Å². The Hall–Kier alpha value is -1.88. The molecule has 24 heavy (non-hydrogen) atoms. The molecule has 1 aromatic carbocycles. The van der Waals surface area contributed by atoms with Crippen molar-refractivity contribution in [2.75, 3.05) is 37.0 Å². The molecule has 128 valence electrons. The first-order valence-electron chi connectivity index (χ1n) is 8.26. The number of aromatic nitrogens is 2. The van der Waals surface area contributed by atoms with Gasteiger partial charge in [-0.2, -0.15) is 0 Å². The molecule has 1 saturated heterocycles. The molecule has 6 heteroatoms. The van der Waals surface area contributed by atoms with Crippen molar-refractivity contribution in [3.8, 4) is 0 Å². The highest BCUT2D eigenvalue weighted by Crippen LogP contribution is 2.24. The van der Waals surface area contributed by atoms with Gasteiger partial charge in [-0.15, -0.1) is 11.6 Å². The Labute approximate surface area is 147 Å². The number of fused-ring (bicyclic) bond motifs is 1. The molecule has 0 aliphatic carbocycles. The van der Waals surface area contributed by atoms with E-state index >= 15 is 0 Å². The van der Waals surface area contributed by atoms with Gasteiger partial charge < -0.3 is 9.80 Å². The number of piperazine rings is 1. The number of benzene rings is 1. The second-order valence-electron chi connectivity index (χ2n) is 6.92. The van der Waals surface area contributed by atoms with Gasteiger partial charge in [-0.25, -0.2) is 9.97 Å². The van der Waals surface area contributed by atoms with Crippen LogP contribution in [0.15, 0.2) is 24.3 Å². The predicted molar refractivity (Wildman–Crippen MR) is 97.6 cm³/mol. The molecule has 1 fully saturated rings. The van der Waals surface area contributed by atoms with E-state index in [1.165, 1.54) is 0 Å². The number of rotatable bonds is 3. The highest BCUT2D eigenvalue weighted by molar-refractivity contribution is 6.19. The molecule has 0 unspecified atom stereocenters. The van der Waals surface area contributed by atoms with Crippen LogP contribution < -0.4 is 4.90 Å². The molecule has 2 aromatic rings. The standard InChI is InChI=1S/C18H23ClN4O/c1-13-16(21-15-7-5-4-6-14(15)20-13)22-8-10-23(11-9-22)17(24)18(2,3)12-19/h4-7H,8-12H2,1-3H3. The number of hydrogen-bond donors (Lipinski definition) is 0. The van der Waals surface area contributed by atoms with Crippen LogP contribution in [0, 0.1) is 12.3 Å². The molecule has 0 spiro atoms. The van der Waals surface area contributed by atoms with Gasteiger partial charge in [-0.05, 0) is 32.9 Å². The molecule has 0 atom stereocenters. The number of halogens is 1. The van der Waals surface area contributed by atoms with E-state index in [1.54, 1.807) is 0 Å². The lowest BCUT2D eigenvalue weighted by atomic mass is 9.94. The number of para-hydroxylation sites is 2. The highest BCUT2D eigenvalue weighted by atomic mass is 35.5. The zero-order valence-corrected chi connectivity index (χ0v) is 15.2. The molecule has 3 rings (SSSR count). The number of carbonyl (C=O) groups is 1. The number of aryl methyl sites for hydroxylation is 1. The molecule has 5 nitrogen and oxygen atoms in total. The number of hydrogen-bond acceptors (Lipinski definition) is 4. The maximum Gasteiger partial charge on any atom is 0.229 e. The van der Waals surface area contributed by atoms with Gasteiger partial charge in [-0.3, -0.25) is 4.79 Å². The van der Waals surface area contributed by atoms with Crippen LogP contribution in [0.1, 0.15) is 19.5 Å². The average Bonchev–Trinajstić information content (AvgIpc) is 2.60. The lowest BCUT2D eigenvalue weighted by Crippen LogP contribution is -2.52. The van der Waals surface area contributed by atoms with Crippen LogP contribution in [0.2, 0.25) is 0 Å². The Kier molecular flexibility index (Phi) is 4.63. The van der Waals surface area contributed by atoms with E-state index in [0.717, 1.165) is 35.6 Å². The summed E-state index contributed by atoms with van der Waals surface area (Å²) in [6, 6.07) is 7.90. The molecule has 0 N–H and O–H groups in total. The molecule has 1 amide bonds. The summed E-state index contributed by atoms with van der Waals surface area (Å²) >= 11 is 5.93. The van der Waals surface area contributed by atoms with Gasteiger partial charge in [0, 0.05) is 32.1 Å². The number of anilines is 1. The molecule has 1 aliphatic rings. The normalized spacial score (nSPS) is 15.8. The van der Waals surface area contributed by atoms with Crippen molar-refractivity contribution in [1.82, 2.24) is 14.9 Å². The van der Waals surface area contributed by atoms with E-state index in [4.69, 9.17) is 16.6 Å². The monoisotopic (exact) mass is 346 g/mol. The fraction of sp³-hybridized carbons (Fsp3) is 0.500. The number of amides is 1. The molecule has 0 saturated carbocycles. The van der Waals surface area contributed by atoms with Gasteiger partial charge in [0.1, 0.15) is 0 Å². The quantitative estimate of drug-likeness (QED) is 0.802. The Balaban J connectivity index is 1.75. The van der Waals surface area contributed by atoms with Gasteiger partial charge in [0.2, 0.25) is 5.91 Å². The summed E-state index contributed by atoms with van der Waals surface area (Å²) in [4.78, 5) is 26.1. The third-order valence-electron chi connectivity index (χ3n) is 4.50. The van der Waals surface area contributed by atoms with Gasteiger partial charge in [0.05, 0.1) is 22.1 Å². The fourth-order valence-corrected chi connectivity index (χ4v) is 3.10. The zero-order chi connectivity index (χ0) is 17.3. The smallest absolute Gasteiger partial charge is 0.229 e. The summed E-state index contributed by atoms with van der Waals surface area (Å²) in [7, 11) is 0. The summed E-state index contributed by atoms with van der Waals surface area (Å²) in [5, 5.41) is 0. The first kappa shape index (κ1) is 17.0. The second kappa shape index (κ2) is 6.55. The summed E-state index contributed by atoms with van der Waals surface area (Å²) in [5.41, 5.74) is 2.23. The lowest BCUT2D eigenvalue weighted by molar-refractivity contribution is -0.139. The molecule has 0 bridgehead atoms. The Bertz CT molecular complexity index is 754. The van der Waals surface area contributed by atoms with Crippen molar-refractivity contribution in [3.05, 3.63) is 30.0 Å². The van der Waals surface area contributed by atoms with Gasteiger partial charge in [0.15, 0.2) is 5.82 Å². The maximum absolute atomic E-state index is 12.5. The van der Waals surface area contributed by atoms with Crippen LogP contribution in [0.3, 0.4) is 0 Å². The number of nitrogens with zero attached hydrogens (tertiary/aromatic N) is 4. The van der Waals surface area contributed by atoms with Crippen molar-refractivity contribution in [3.63, 3.8) is 0 Å². The van der Waals surface area contributed by atoms with Crippen LogP contribution in [0.4, 0.5) is 5.82 Å². The van der Waals surface area contributed by atoms with E-state index in [9.17, 15) is 4.79 Å². The zero-order valence-electron chi connectivity index (χ0n) is 14.4. The largest absolute Gasteiger partial charge is 0.352 e. The first-order chi connectivity index (χ1) is 11.4. The number of carbonyl (C=O) groups excluding carboxylic acids is 1. The molecular weight excluding hydrogens is 324 g/mol. The van der Waals surface area contributed by atoms with Crippen LogP contribution >= 0.6 is 11.6 Å². The van der Waals surface area contributed by atoms with E-state index in [-0.39, 0.29) is 5.91 Å². The minimum absolute atomic E-state index is 0.124. The summed E-state index contributed by atoms with van der Waals surface area (Å²) in [6.45, 7) is 8.68. The van der Waals surface area contributed by atoms with Crippen molar-refractivity contribution in [2.24, 2.45) is 5.41 Å².